The van der Waals surface area contributed by atoms with E-state index in [1.54, 1.807) is 0 Å². The molecule has 0 saturated carbocycles. The van der Waals surface area contributed by atoms with Gasteiger partial charge < -0.3 is 5.32 Å². The van der Waals surface area contributed by atoms with Gasteiger partial charge in [0.2, 0.25) is 0 Å². The smallest absolute Gasteiger partial charge is 0.326 e. The minimum atomic E-state index is -4.62. The molecule has 0 saturated heterocycles. The summed E-state index contributed by atoms with van der Waals surface area (Å²) in [5, 5.41) is 2.83. The lowest BCUT2D eigenvalue weighted by atomic mass is 10.3. The second-order valence-electron chi connectivity index (χ2n) is 2.43. The van der Waals surface area contributed by atoms with Crippen molar-refractivity contribution in [3.8, 4) is 0 Å². The van der Waals surface area contributed by atoms with Gasteiger partial charge in [-0.3, -0.25) is 0 Å². The first-order chi connectivity index (χ1) is 6.47. The van der Waals surface area contributed by atoms with Gasteiger partial charge in [0.25, 0.3) is 0 Å². The van der Waals surface area contributed by atoms with E-state index in [1.807, 2.05) is 0 Å². The first kappa shape index (κ1) is 13.9. The molecule has 1 aromatic carbocycles. The molecule has 0 aromatic heterocycles. The molecule has 0 fully saturated rings. The van der Waals surface area contributed by atoms with Gasteiger partial charge >= 0.3 is 10.2 Å². The predicted molar refractivity (Wildman–Crippen MR) is 56.4 cm³/mol. The molecule has 3 nitrogen and oxygen atoms in total. The van der Waals surface area contributed by atoms with Crippen molar-refractivity contribution in [1.29, 1.82) is 0 Å². The zero-order valence-corrected chi connectivity index (χ0v) is 8.99. The topological polar surface area (TPSA) is 46.2 Å². The average molecular weight is 256 g/mol. The third-order valence-corrected chi connectivity index (χ3v) is 1.79. The Kier molecular flexibility index (Phi) is 5.24. The van der Waals surface area contributed by atoms with E-state index < -0.39 is 16.0 Å². The normalized spacial score (nSPS) is 11.1. The standard InChI is InChI=1S/C8H7F2NO2S.ClH/c9-7-1-3-8(4-2-7)11-5-6-14(10,12)13;/h1-6,11H;1H/b6-5+;. The molecule has 0 atom stereocenters. The molecule has 7 heteroatoms. The lowest BCUT2D eigenvalue weighted by Crippen LogP contribution is -1.89. The van der Waals surface area contributed by atoms with Gasteiger partial charge in [-0.15, -0.1) is 16.3 Å². The molecule has 1 N–H and O–H groups in total. The van der Waals surface area contributed by atoms with Crippen molar-refractivity contribution in [3.05, 3.63) is 41.7 Å². The monoisotopic (exact) mass is 255 g/mol. The van der Waals surface area contributed by atoms with E-state index in [9.17, 15) is 16.7 Å². The van der Waals surface area contributed by atoms with E-state index in [-0.39, 0.29) is 12.4 Å². The molecule has 84 valence electrons. The fraction of sp³-hybridized carbons (Fsp3) is 0. The quantitative estimate of drug-likeness (QED) is 0.844. The molecule has 0 aliphatic carbocycles. The van der Waals surface area contributed by atoms with Crippen LogP contribution in [0.3, 0.4) is 0 Å². The first-order valence-electron chi connectivity index (χ1n) is 3.61. The first-order valence-corrected chi connectivity index (χ1v) is 5.05. The second-order valence-corrected chi connectivity index (χ2v) is 3.65. The van der Waals surface area contributed by atoms with Crippen molar-refractivity contribution >= 4 is 28.3 Å². The molecule has 1 aromatic rings. The summed E-state index contributed by atoms with van der Waals surface area (Å²) in [4.78, 5) is 0. The fourth-order valence-electron chi connectivity index (χ4n) is 0.758. The number of hydrogen-bond acceptors (Lipinski definition) is 3. The molecule has 0 amide bonds. The Morgan fingerprint density at radius 2 is 1.73 bits per heavy atom. The van der Waals surface area contributed by atoms with Gasteiger partial charge in [0.15, 0.2) is 0 Å². The molecule has 0 heterocycles. The third kappa shape index (κ3) is 6.03. The largest absolute Gasteiger partial charge is 0.361 e. The number of nitrogens with one attached hydrogen (secondary N) is 1. The lowest BCUT2D eigenvalue weighted by molar-refractivity contribution is 0.563. The van der Waals surface area contributed by atoms with E-state index in [0.29, 0.717) is 11.1 Å². The zero-order chi connectivity index (χ0) is 10.6. The van der Waals surface area contributed by atoms with Gasteiger partial charge in [-0.1, -0.05) is 0 Å². The maximum atomic E-state index is 12.4. The zero-order valence-electron chi connectivity index (χ0n) is 7.35. The highest BCUT2D eigenvalue weighted by Gasteiger charge is 1.97. The molecule has 0 aliphatic heterocycles. The van der Waals surface area contributed by atoms with Crippen molar-refractivity contribution in [1.82, 2.24) is 0 Å². The number of halogens is 3. The number of rotatable bonds is 3. The predicted octanol–water partition coefficient (Wildman–Crippen LogP) is 2.43. The van der Waals surface area contributed by atoms with Crippen LogP contribution in [0.1, 0.15) is 0 Å². The summed E-state index contributed by atoms with van der Waals surface area (Å²) in [5.74, 6) is -0.405. The Balaban J connectivity index is 0.00000196. The Bertz CT molecular complexity index is 430. The molecule has 0 spiro atoms. The average Bonchev–Trinajstić information content (AvgIpc) is 2.06. The van der Waals surface area contributed by atoms with E-state index >= 15 is 0 Å². The fourth-order valence-corrected chi connectivity index (χ4v) is 0.988. The summed E-state index contributed by atoms with van der Waals surface area (Å²) in [5.41, 5.74) is 0.464. The van der Waals surface area contributed by atoms with Crippen LogP contribution >= 0.6 is 12.4 Å². The molecular formula is C8H8ClF2NO2S. The summed E-state index contributed by atoms with van der Waals surface area (Å²) in [6, 6.07) is 5.18. The minimum absolute atomic E-state index is 0. The number of anilines is 1. The molecule has 15 heavy (non-hydrogen) atoms. The molecule has 0 unspecified atom stereocenters. The van der Waals surface area contributed by atoms with Crippen LogP contribution in [0, 0.1) is 5.82 Å². The Morgan fingerprint density at radius 1 is 1.20 bits per heavy atom. The molecule has 1 rings (SSSR count). The maximum absolute atomic E-state index is 12.4. The van der Waals surface area contributed by atoms with E-state index in [1.165, 1.54) is 24.3 Å². The Morgan fingerprint density at radius 3 is 2.20 bits per heavy atom. The van der Waals surface area contributed by atoms with Crippen molar-refractivity contribution in [2.45, 2.75) is 0 Å². The van der Waals surface area contributed by atoms with Crippen molar-refractivity contribution in [2.75, 3.05) is 5.32 Å². The Hall–Kier alpha value is -1.14. The lowest BCUT2D eigenvalue weighted by Gasteiger charge is -1.98. The van der Waals surface area contributed by atoms with Crippen molar-refractivity contribution < 1.29 is 16.7 Å². The van der Waals surface area contributed by atoms with Gasteiger partial charge in [0.1, 0.15) is 5.82 Å². The number of hydrogen-bond donors (Lipinski definition) is 1. The van der Waals surface area contributed by atoms with E-state index in [0.717, 1.165) is 6.20 Å². The molecule has 0 aliphatic rings. The highest BCUT2D eigenvalue weighted by atomic mass is 35.5. The van der Waals surface area contributed by atoms with Crippen LogP contribution in [0.25, 0.3) is 0 Å². The van der Waals surface area contributed by atoms with Crippen LogP contribution in [0.5, 0.6) is 0 Å². The summed E-state index contributed by atoms with van der Waals surface area (Å²) in [6.45, 7) is 0. The van der Waals surface area contributed by atoms with Gasteiger partial charge in [0.05, 0.1) is 5.41 Å². The maximum Gasteiger partial charge on any atom is 0.326 e. The van der Waals surface area contributed by atoms with Crippen LogP contribution < -0.4 is 5.32 Å². The molecule has 0 bridgehead atoms. The Labute approximate surface area is 92.4 Å². The van der Waals surface area contributed by atoms with E-state index in [4.69, 9.17) is 0 Å². The van der Waals surface area contributed by atoms with Crippen LogP contribution in [-0.2, 0) is 10.2 Å². The van der Waals surface area contributed by atoms with Crippen LogP contribution in [0.4, 0.5) is 14.0 Å². The van der Waals surface area contributed by atoms with Gasteiger partial charge in [-0.25, -0.2) is 4.39 Å². The molecule has 0 radical (unpaired) electrons. The summed E-state index contributed by atoms with van der Waals surface area (Å²) in [6.07, 6.45) is 0.919. The van der Waals surface area contributed by atoms with E-state index in [2.05, 4.69) is 5.32 Å². The summed E-state index contributed by atoms with van der Waals surface area (Å²) >= 11 is 0. The minimum Gasteiger partial charge on any atom is -0.361 e. The van der Waals surface area contributed by atoms with Crippen molar-refractivity contribution in [2.24, 2.45) is 0 Å². The van der Waals surface area contributed by atoms with Gasteiger partial charge in [0, 0.05) is 11.9 Å². The van der Waals surface area contributed by atoms with Gasteiger partial charge in [-0.05, 0) is 24.3 Å². The highest BCUT2D eigenvalue weighted by Crippen LogP contribution is 2.08. The summed E-state index contributed by atoms with van der Waals surface area (Å²) in [7, 11) is -4.62. The van der Waals surface area contributed by atoms with Gasteiger partial charge in [-0.2, -0.15) is 8.42 Å². The molecular weight excluding hydrogens is 248 g/mol. The second kappa shape index (κ2) is 5.67. The summed E-state index contributed by atoms with van der Waals surface area (Å²) < 4.78 is 44.4. The highest BCUT2D eigenvalue weighted by molar-refractivity contribution is 7.89. The van der Waals surface area contributed by atoms with Crippen LogP contribution in [0.2, 0.25) is 0 Å². The van der Waals surface area contributed by atoms with Crippen LogP contribution in [0.15, 0.2) is 35.9 Å². The van der Waals surface area contributed by atoms with Crippen LogP contribution in [-0.4, -0.2) is 8.42 Å². The SMILES string of the molecule is Cl.O=S(=O)(F)/C=C/Nc1ccc(F)cc1. The number of benzene rings is 1. The van der Waals surface area contributed by atoms with Crippen molar-refractivity contribution in [3.63, 3.8) is 0 Å². The third-order valence-electron chi connectivity index (χ3n) is 1.32.